The summed E-state index contributed by atoms with van der Waals surface area (Å²) in [6.07, 6.45) is 3.05. The van der Waals surface area contributed by atoms with Gasteiger partial charge in [-0.2, -0.15) is 0 Å². The van der Waals surface area contributed by atoms with Crippen LogP contribution >= 0.6 is 23.1 Å². The number of thioether (sulfide) groups is 1. The Hall–Kier alpha value is -2.46. The van der Waals surface area contributed by atoms with E-state index in [1.54, 1.807) is 34.1 Å². The van der Waals surface area contributed by atoms with Crippen LogP contribution in [0.2, 0.25) is 0 Å². The van der Waals surface area contributed by atoms with E-state index in [2.05, 4.69) is 0 Å². The molecule has 0 aliphatic heterocycles. The van der Waals surface area contributed by atoms with E-state index in [0.717, 1.165) is 40.6 Å². The van der Waals surface area contributed by atoms with Crippen LogP contribution in [0.1, 0.15) is 28.0 Å². The average Bonchev–Trinajstić information content (AvgIpc) is 3.41. The zero-order chi connectivity index (χ0) is 23.9. The Morgan fingerprint density at radius 3 is 2.59 bits per heavy atom. The Morgan fingerprint density at radius 2 is 1.82 bits per heavy atom. The molecular formula is C25H25N3O3S3. The number of hydrogen-bond donors (Lipinski definition) is 0. The third-order valence-electron chi connectivity index (χ3n) is 6.02. The van der Waals surface area contributed by atoms with E-state index in [9.17, 15) is 13.2 Å². The zero-order valence-electron chi connectivity index (χ0n) is 19.0. The summed E-state index contributed by atoms with van der Waals surface area (Å²) in [5.74, 6) is 0.509. The lowest BCUT2D eigenvalue weighted by molar-refractivity contribution is 0.520. The van der Waals surface area contributed by atoms with E-state index in [4.69, 9.17) is 4.98 Å². The number of aryl methyl sites for hydroxylation is 2. The average molecular weight is 512 g/mol. The van der Waals surface area contributed by atoms with Crippen LogP contribution in [0.4, 0.5) is 0 Å². The van der Waals surface area contributed by atoms with Crippen LogP contribution in [-0.4, -0.2) is 36.4 Å². The summed E-state index contributed by atoms with van der Waals surface area (Å²) in [7, 11) is -0.462. The highest BCUT2D eigenvalue weighted by Crippen LogP contribution is 2.36. The zero-order valence-corrected chi connectivity index (χ0v) is 21.5. The van der Waals surface area contributed by atoms with Gasteiger partial charge in [0.25, 0.3) is 5.56 Å². The lowest BCUT2D eigenvalue weighted by atomic mass is 10.2. The van der Waals surface area contributed by atoms with Crippen LogP contribution in [0.15, 0.2) is 69.4 Å². The van der Waals surface area contributed by atoms with Gasteiger partial charge in [0.05, 0.1) is 16.8 Å². The third-order valence-corrected chi connectivity index (χ3v) is 10.1. The molecule has 0 atom stereocenters. The van der Waals surface area contributed by atoms with Gasteiger partial charge in [-0.05, 0) is 48.1 Å². The summed E-state index contributed by atoms with van der Waals surface area (Å²) < 4.78 is 28.1. The fourth-order valence-corrected chi connectivity index (χ4v) is 7.44. The van der Waals surface area contributed by atoms with Crippen molar-refractivity contribution in [2.75, 3.05) is 14.1 Å². The lowest BCUT2D eigenvalue weighted by Crippen LogP contribution is -2.24. The molecule has 0 saturated carbocycles. The molecule has 0 spiro atoms. The Balaban J connectivity index is 1.53. The second-order valence-corrected chi connectivity index (χ2v) is 12.7. The number of aromatic nitrogens is 2. The van der Waals surface area contributed by atoms with Gasteiger partial charge in [-0.3, -0.25) is 9.36 Å². The molecular weight excluding hydrogens is 486 g/mol. The van der Waals surface area contributed by atoms with Crippen molar-refractivity contribution in [3.8, 4) is 0 Å². The van der Waals surface area contributed by atoms with Crippen LogP contribution < -0.4 is 5.56 Å². The predicted molar refractivity (Wildman–Crippen MR) is 138 cm³/mol. The van der Waals surface area contributed by atoms with Gasteiger partial charge in [-0.25, -0.2) is 17.7 Å². The van der Waals surface area contributed by atoms with Crippen LogP contribution in [-0.2, 0) is 35.2 Å². The lowest BCUT2D eigenvalue weighted by Gasteiger charge is -2.14. The number of benzene rings is 2. The molecule has 2 aromatic carbocycles. The topological polar surface area (TPSA) is 72.3 Å². The molecule has 0 radical (unpaired) electrons. The molecule has 5 rings (SSSR count). The van der Waals surface area contributed by atoms with E-state index < -0.39 is 10.0 Å². The normalized spacial score (nSPS) is 13.6. The molecule has 6 nitrogen and oxygen atoms in total. The number of thiophene rings is 1. The minimum absolute atomic E-state index is 0.0136. The smallest absolute Gasteiger partial charge is 0.263 e. The van der Waals surface area contributed by atoms with E-state index in [1.807, 2.05) is 36.4 Å². The van der Waals surface area contributed by atoms with Gasteiger partial charge >= 0.3 is 0 Å². The van der Waals surface area contributed by atoms with Crippen molar-refractivity contribution >= 4 is 43.3 Å². The second-order valence-electron chi connectivity index (χ2n) is 8.53. The first-order valence-electron chi connectivity index (χ1n) is 11.1. The van der Waals surface area contributed by atoms with Crippen LogP contribution in [0.5, 0.6) is 0 Å². The standard InChI is InChI=1S/C25H25N3O3S3/c1-27(2)34(30,31)19-11-6-10-18(14-19)16-32-25-26-23-22(20-12-7-13-21(20)33-23)24(29)28(25)15-17-8-4-3-5-9-17/h3-6,8-11,14H,7,12-13,15-16H2,1-2H3. The van der Waals surface area contributed by atoms with Crippen molar-refractivity contribution in [1.82, 2.24) is 13.9 Å². The van der Waals surface area contributed by atoms with Crippen molar-refractivity contribution in [3.05, 3.63) is 86.5 Å². The summed E-state index contributed by atoms with van der Waals surface area (Å²) >= 11 is 3.10. The predicted octanol–water partition coefficient (Wildman–Crippen LogP) is 4.54. The van der Waals surface area contributed by atoms with Crippen molar-refractivity contribution in [3.63, 3.8) is 0 Å². The molecule has 0 saturated heterocycles. The number of hydrogen-bond acceptors (Lipinski definition) is 6. The van der Waals surface area contributed by atoms with Gasteiger partial charge in [0.1, 0.15) is 4.83 Å². The second kappa shape index (κ2) is 9.30. The Bertz CT molecular complexity index is 1520. The van der Waals surface area contributed by atoms with E-state index >= 15 is 0 Å². The molecule has 9 heteroatoms. The summed E-state index contributed by atoms with van der Waals surface area (Å²) in [5, 5.41) is 1.43. The van der Waals surface area contributed by atoms with Gasteiger partial charge in [0, 0.05) is 24.7 Å². The van der Waals surface area contributed by atoms with E-state index in [0.29, 0.717) is 17.5 Å². The first-order chi connectivity index (χ1) is 16.3. The quantitative estimate of drug-likeness (QED) is 0.269. The molecule has 34 heavy (non-hydrogen) atoms. The van der Waals surface area contributed by atoms with Gasteiger partial charge < -0.3 is 0 Å². The maximum Gasteiger partial charge on any atom is 0.263 e. The molecule has 4 aromatic rings. The monoisotopic (exact) mass is 511 g/mol. The summed E-state index contributed by atoms with van der Waals surface area (Å²) in [5.41, 5.74) is 3.10. The third kappa shape index (κ3) is 4.33. The SMILES string of the molecule is CN(C)S(=O)(=O)c1cccc(CSc2nc3sc4c(c3c(=O)n2Cc2ccccc2)CCC4)c1. The molecule has 176 valence electrons. The van der Waals surface area contributed by atoms with E-state index in [1.165, 1.54) is 40.6 Å². The van der Waals surface area contributed by atoms with Gasteiger partial charge in [0.2, 0.25) is 10.0 Å². The molecule has 0 amide bonds. The first-order valence-corrected chi connectivity index (χ1v) is 14.3. The molecule has 0 N–H and O–H groups in total. The van der Waals surface area contributed by atoms with Gasteiger partial charge in [-0.1, -0.05) is 54.2 Å². The first kappa shape index (κ1) is 23.3. The van der Waals surface area contributed by atoms with Crippen molar-refractivity contribution in [2.45, 2.75) is 41.6 Å². The number of fused-ring (bicyclic) bond motifs is 3. The van der Waals surface area contributed by atoms with Crippen LogP contribution in [0.3, 0.4) is 0 Å². The highest BCUT2D eigenvalue weighted by atomic mass is 32.2. The summed E-state index contributed by atoms with van der Waals surface area (Å²) in [6, 6.07) is 16.9. The Morgan fingerprint density at radius 1 is 1.06 bits per heavy atom. The Kier molecular flexibility index (Phi) is 6.37. The maximum atomic E-state index is 13.7. The van der Waals surface area contributed by atoms with E-state index in [-0.39, 0.29) is 10.5 Å². The molecule has 0 unspecified atom stereocenters. The molecule has 1 aliphatic rings. The fraction of sp³-hybridized carbons (Fsp3) is 0.280. The fourth-order valence-electron chi connectivity index (χ4n) is 4.23. The van der Waals surface area contributed by atoms with Crippen LogP contribution in [0, 0.1) is 0 Å². The molecule has 2 aromatic heterocycles. The minimum Gasteiger partial charge on any atom is -0.283 e. The summed E-state index contributed by atoms with van der Waals surface area (Å²) in [6.45, 7) is 0.449. The molecule has 0 fully saturated rings. The van der Waals surface area contributed by atoms with Gasteiger partial charge in [0.15, 0.2) is 5.16 Å². The highest BCUT2D eigenvalue weighted by Gasteiger charge is 2.24. The highest BCUT2D eigenvalue weighted by molar-refractivity contribution is 7.98. The largest absolute Gasteiger partial charge is 0.283 e. The Labute approximate surface area is 207 Å². The molecule has 2 heterocycles. The molecule has 0 bridgehead atoms. The van der Waals surface area contributed by atoms with Crippen molar-refractivity contribution in [1.29, 1.82) is 0 Å². The minimum atomic E-state index is -3.51. The maximum absolute atomic E-state index is 13.7. The van der Waals surface area contributed by atoms with Crippen LogP contribution in [0.25, 0.3) is 10.2 Å². The van der Waals surface area contributed by atoms with Crippen molar-refractivity contribution < 1.29 is 8.42 Å². The van der Waals surface area contributed by atoms with Crippen molar-refractivity contribution in [2.24, 2.45) is 0 Å². The number of nitrogens with zero attached hydrogens (tertiary/aromatic N) is 3. The molecule has 1 aliphatic carbocycles. The number of rotatable bonds is 7. The summed E-state index contributed by atoms with van der Waals surface area (Å²) in [4.78, 5) is 21.0. The number of sulfonamides is 1. The van der Waals surface area contributed by atoms with Gasteiger partial charge in [-0.15, -0.1) is 11.3 Å².